The van der Waals surface area contributed by atoms with Gasteiger partial charge < -0.3 is 14.8 Å². The largest absolute Gasteiger partial charge is 0.497 e. The van der Waals surface area contributed by atoms with Gasteiger partial charge in [-0.25, -0.2) is 4.98 Å². The number of ether oxygens (including phenoxy) is 2. The van der Waals surface area contributed by atoms with E-state index in [9.17, 15) is 4.79 Å². The van der Waals surface area contributed by atoms with Crippen molar-refractivity contribution in [1.29, 1.82) is 0 Å². The van der Waals surface area contributed by atoms with Gasteiger partial charge in [-0.2, -0.15) is 0 Å². The zero-order valence-corrected chi connectivity index (χ0v) is 16.9. The maximum absolute atomic E-state index is 12.5. The smallest absolute Gasteiger partial charge is 0.263 e. The van der Waals surface area contributed by atoms with Gasteiger partial charge in [-0.3, -0.25) is 9.20 Å². The summed E-state index contributed by atoms with van der Waals surface area (Å²) in [5.74, 6) is 0.757. The van der Waals surface area contributed by atoms with Gasteiger partial charge in [0.05, 0.1) is 18.9 Å². The van der Waals surface area contributed by atoms with E-state index in [2.05, 4.69) is 10.3 Å². The molecule has 0 bridgehead atoms. The minimum atomic E-state index is -0.0569. The highest BCUT2D eigenvalue weighted by Gasteiger charge is 2.17. The highest BCUT2D eigenvalue weighted by atomic mass is 32.1. The van der Waals surface area contributed by atoms with Crippen molar-refractivity contribution in [2.45, 2.75) is 33.3 Å². The molecule has 2 aromatic heterocycles. The van der Waals surface area contributed by atoms with Gasteiger partial charge in [0.2, 0.25) is 0 Å². The van der Waals surface area contributed by atoms with E-state index < -0.39 is 0 Å². The number of hydrogen-bond acceptors (Lipinski definition) is 5. The standard InChI is InChI=1S/C20H25N3O3S/c1-13(2)26-11-5-10-21-19(24)18-14(3)23-12-17(22-20(23)27-18)15-6-8-16(25-4)9-7-15/h6-9,12-13H,5,10-11H2,1-4H3,(H,21,24). The maximum Gasteiger partial charge on any atom is 0.263 e. The summed E-state index contributed by atoms with van der Waals surface area (Å²) in [5.41, 5.74) is 2.80. The molecule has 3 aromatic rings. The third kappa shape index (κ3) is 4.48. The molecule has 1 N–H and O–H groups in total. The van der Waals surface area contributed by atoms with E-state index in [1.54, 1.807) is 7.11 Å². The molecule has 27 heavy (non-hydrogen) atoms. The molecule has 0 aliphatic rings. The molecular weight excluding hydrogens is 362 g/mol. The number of benzene rings is 1. The normalized spacial score (nSPS) is 11.3. The van der Waals surface area contributed by atoms with Crippen LogP contribution in [0.3, 0.4) is 0 Å². The zero-order chi connectivity index (χ0) is 19.4. The number of imidazole rings is 1. The van der Waals surface area contributed by atoms with Crippen molar-refractivity contribution in [2.75, 3.05) is 20.3 Å². The van der Waals surface area contributed by atoms with Crippen molar-refractivity contribution in [3.05, 3.63) is 41.0 Å². The molecular formula is C20H25N3O3S. The van der Waals surface area contributed by atoms with Crippen molar-refractivity contribution < 1.29 is 14.3 Å². The Bertz CT molecular complexity index is 913. The number of nitrogens with zero attached hydrogens (tertiary/aromatic N) is 2. The second-order valence-electron chi connectivity index (χ2n) is 6.55. The number of methoxy groups -OCH3 is 1. The van der Waals surface area contributed by atoms with E-state index in [1.807, 2.05) is 55.6 Å². The van der Waals surface area contributed by atoms with Gasteiger partial charge in [-0.15, -0.1) is 0 Å². The van der Waals surface area contributed by atoms with Gasteiger partial charge in [0.25, 0.3) is 5.91 Å². The number of carbonyl (C=O) groups excluding carboxylic acids is 1. The molecule has 144 valence electrons. The van der Waals surface area contributed by atoms with Crippen LogP contribution in [0.25, 0.3) is 16.2 Å². The summed E-state index contributed by atoms with van der Waals surface area (Å²) < 4.78 is 12.7. The van der Waals surface area contributed by atoms with Gasteiger partial charge in [0.15, 0.2) is 4.96 Å². The number of carbonyl (C=O) groups is 1. The highest BCUT2D eigenvalue weighted by molar-refractivity contribution is 7.19. The molecule has 1 aromatic carbocycles. The Kier molecular flexibility index (Phi) is 6.13. The van der Waals surface area contributed by atoms with Crippen LogP contribution < -0.4 is 10.1 Å². The van der Waals surface area contributed by atoms with Crippen LogP contribution in [0, 0.1) is 6.92 Å². The Morgan fingerprint density at radius 3 is 2.67 bits per heavy atom. The Labute approximate surface area is 163 Å². The van der Waals surface area contributed by atoms with Crippen molar-refractivity contribution in [3.8, 4) is 17.0 Å². The number of hydrogen-bond donors (Lipinski definition) is 1. The van der Waals surface area contributed by atoms with E-state index in [-0.39, 0.29) is 12.0 Å². The molecule has 0 unspecified atom stereocenters. The average Bonchev–Trinajstić information content (AvgIpc) is 3.21. The molecule has 3 rings (SSSR count). The predicted molar refractivity (Wildman–Crippen MR) is 108 cm³/mol. The van der Waals surface area contributed by atoms with Gasteiger partial charge >= 0.3 is 0 Å². The molecule has 1 amide bonds. The number of thiazole rings is 1. The van der Waals surface area contributed by atoms with Crippen LogP contribution in [0.1, 0.15) is 35.6 Å². The minimum absolute atomic E-state index is 0.0569. The predicted octanol–water partition coefficient (Wildman–Crippen LogP) is 3.92. The van der Waals surface area contributed by atoms with Crippen molar-refractivity contribution in [3.63, 3.8) is 0 Å². The molecule has 7 heteroatoms. The van der Waals surface area contributed by atoms with Crippen LogP contribution in [0.4, 0.5) is 0 Å². The van der Waals surface area contributed by atoms with Gasteiger partial charge in [0.1, 0.15) is 10.6 Å². The molecule has 0 spiro atoms. The minimum Gasteiger partial charge on any atom is -0.497 e. The first-order chi connectivity index (χ1) is 13.0. The molecule has 0 saturated heterocycles. The molecule has 0 radical (unpaired) electrons. The summed E-state index contributed by atoms with van der Waals surface area (Å²) in [4.78, 5) is 18.6. The van der Waals surface area contributed by atoms with E-state index in [0.29, 0.717) is 18.0 Å². The van der Waals surface area contributed by atoms with Crippen molar-refractivity contribution >= 4 is 22.2 Å². The highest BCUT2D eigenvalue weighted by Crippen LogP contribution is 2.28. The van der Waals surface area contributed by atoms with Crippen molar-refractivity contribution in [2.24, 2.45) is 0 Å². The van der Waals surface area contributed by atoms with E-state index in [4.69, 9.17) is 9.47 Å². The van der Waals surface area contributed by atoms with Gasteiger partial charge in [0, 0.05) is 30.6 Å². The lowest BCUT2D eigenvalue weighted by molar-refractivity contribution is 0.0757. The number of fused-ring (bicyclic) bond motifs is 1. The fourth-order valence-electron chi connectivity index (χ4n) is 2.74. The number of rotatable bonds is 8. The van der Waals surface area contributed by atoms with Crippen LogP contribution in [0.15, 0.2) is 30.5 Å². The molecule has 0 aliphatic heterocycles. The molecule has 0 saturated carbocycles. The third-order valence-corrected chi connectivity index (χ3v) is 5.36. The maximum atomic E-state index is 12.5. The summed E-state index contributed by atoms with van der Waals surface area (Å²) in [5, 5.41) is 2.96. The summed E-state index contributed by atoms with van der Waals surface area (Å²) in [6.07, 6.45) is 2.98. The first-order valence-electron chi connectivity index (χ1n) is 9.02. The summed E-state index contributed by atoms with van der Waals surface area (Å²) >= 11 is 1.41. The van der Waals surface area contributed by atoms with E-state index in [1.165, 1.54) is 11.3 Å². The lowest BCUT2D eigenvalue weighted by atomic mass is 10.2. The number of aromatic nitrogens is 2. The summed E-state index contributed by atoms with van der Waals surface area (Å²) in [6, 6.07) is 7.79. The van der Waals surface area contributed by atoms with Crippen LogP contribution in [-0.2, 0) is 4.74 Å². The molecule has 0 fully saturated rings. The van der Waals surface area contributed by atoms with Gasteiger partial charge in [-0.05, 0) is 51.5 Å². The lowest BCUT2D eigenvalue weighted by Gasteiger charge is -2.08. The molecule has 0 atom stereocenters. The molecule has 2 heterocycles. The summed E-state index contributed by atoms with van der Waals surface area (Å²) in [6.45, 7) is 7.20. The lowest BCUT2D eigenvalue weighted by Crippen LogP contribution is -2.25. The fraction of sp³-hybridized carbons (Fsp3) is 0.400. The Morgan fingerprint density at radius 1 is 1.30 bits per heavy atom. The third-order valence-electron chi connectivity index (χ3n) is 4.21. The van der Waals surface area contributed by atoms with Gasteiger partial charge in [-0.1, -0.05) is 11.3 Å². The number of amides is 1. The van der Waals surface area contributed by atoms with Crippen molar-refractivity contribution in [1.82, 2.24) is 14.7 Å². The summed E-state index contributed by atoms with van der Waals surface area (Å²) in [7, 11) is 1.65. The SMILES string of the molecule is COc1ccc(-c2cn3c(C)c(C(=O)NCCCOC(C)C)sc3n2)cc1. The van der Waals surface area contributed by atoms with Crippen LogP contribution in [-0.4, -0.2) is 41.7 Å². The van der Waals surface area contributed by atoms with E-state index >= 15 is 0 Å². The zero-order valence-electron chi connectivity index (χ0n) is 16.1. The van der Waals surface area contributed by atoms with Crippen LogP contribution in [0.5, 0.6) is 5.75 Å². The van der Waals surface area contributed by atoms with Crippen LogP contribution >= 0.6 is 11.3 Å². The topological polar surface area (TPSA) is 64.9 Å². The van der Waals surface area contributed by atoms with E-state index in [0.717, 1.165) is 34.1 Å². The number of nitrogens with one attached hydrogen (secondary N) is 1. The Hall–Kier alpha value is -2.38. The Morgan fingerprint density at radius 2 is 2.04 bits per heavy atom. The molecule has 0 aliphatic carbocycles. The van der Waals surface area contributed by atoms with Crippen LogP contribution in [0.2, 0.25) is 0 Å². The number of aryl methyl sites for hydroxylation is 1. The quantitative estimate of drug-likeness (QED) is 0.595. The first-order valence-corrected chi connectivity index (χ1v) is 9.84. The molecule has 6 nitrogen and oxygen atoms in total. The Balaban J connectivity index is 1.68. The average molecular weight is 388 g/mol. The second kappa shape index (κ2) is 8.54. The first kappa shape index (κ1) is 19.4. The fourth-order valence-corrected chi connectivity index (χ4v) is 3.76. The second-order valence-corrected chi connectivity index (χ2v) is 7.53. The monoisotopic (exact) mass is 387 g/mol.